The van der Waals surface area contributed by atoms with Gasteiger partial charge in [0.05, 0.1) is 6.61 Å². The monoisotopic (exact) mass is 235 g/mol. The molecule has 1 aliphatic rings. The summed E-state index contributed by atoms with van der Waals surface area (Å²) in [5.41, 5.74) is 6.89. The number of carbonyl (C=O) groups is 1. The molecule has 0 bridgehead atoms. The molecule has 2 rings (SSSR count). The summed E-state index contributed by atoms with van der Waals surface area (Å²) < 4.78 is 10.4. The second kappa shape index (κ2) is 5.19. The largest absolute Gasteiger partial charge is 0.479 e. The molecule has 1 aromatic carbocycles. The topological polar surface area (TPSA) is 61.6 Å². The van der Waals surface area contributed by atoms with Gasteiger partial charge in [0.15, 0.2) is 6.10 Å². The van der Waals surface area contributed by atoms with Gasteiger partial charge in [-0.2, -0.15) is 0 Å². The third-order valence-electron chi connectivity index (χ3n) is 2.65. The van der Waals surface area contributed by atoms with Gasteiger partial charge in [-0.15, -0.1) is 0 Å². The molecule has 92 valence electrons. The zero-order chi connectivity index (χ0) is 12.3. The van der Waals surface area contributed by atoms with Gasteiger partial charge in [-0.3, -0.25) is 0 Å². The molecular formula is C13H17NO3. The molecule has 17 heavy (non-hydrogen) atoms. The molecule has 1 fully saturated rings. The van der Waals surface area contributed by atoms with Crippen LogP contribution >= 0.6 is 0 Å². The van der Waals surface area contributed by atoms with Crippen LogP contribution in [0.3, 0.4) is 0 Å². The van der Waals surface area contributed by atoms with Crippen LogP contribution in [0.2, 0.25) is 0 Å². The number of rotatable bonds is 4. The number of esters is 1. The highest BCUT2D eigenvalue weighted by molar-refractivity contribution is 5.76. The van der Waals surface area contributed by atoms with Crippen LogP contribution in [0.4, 0.5) is 0 Å². The van der Waals surface area contributed by atoms with Gasteiger partial charge >= 0.3 is 5.97 Å². The maximum Gasteiger partial charge on any atom is 0.347 e. The highest BCUT2D eigenvalue weighted by Crippen LogP contribution is 2.18. The summed E-state index contributed by atoms with van der Waals surface area (Å²) in [4.78, 5) is 11.2. The lowest BCUT2D eigenvalue weighted by molar-refractivity contribution is -0.143. The molecule has 4 nitrogen and oxygen atoms in total. The molecule has 2 N–H and O–H groups in total. The quantitative estimate of drug-likeness (QED) is 0.798. The minimum atomic E-state index is -0.450. The standard InChI is InChI=1S/C13H17NO3/c1-9(14)8-10-2-4-11(5-3-10)17-12-6-7-16-13(12)15/h2-5,9,12H,6-8,14H2,1H3. The minimum absolute atomic E-state index is 0.145. The lowest BCUT2D eigenvalue weighted by atomic mass is 10.1. The number of cyclic esters (lactones) is 1. The van der Waals surface area contributed by atoms with E-state index in [1.807, 2.05) is 31.2 Å². The van der Waals surface area contributed by atoms with Crippen molar-refractivity contribution in [1.82, 2.24) is 0 Å². The molecule has 2 atom stereocenters. The summed E-state index contributed by atoms with van der Waals surface area (Å²) in [6.45, 7) is 2.42. The Morgan fingerprint density at radius 2 is 2.18 bits per heavy atom. The van der Waals surface area contributed by atoms with E-state index in [0.717, 1.165) is 6.42 Å². The van der Waals surface area contributed by atoms with Crippen LogP contribution in [0.1, 0.15) is 18.9 Å². The second-order valence-corrected chi connectivity index (χ2v) is 4.39. The van der Waals surface area contributed by atoms with Crippen molar-refractivity contribution in [3.05, 3.63) is 29.8 Å². The summed E-state index contributed by atoms with van der Waals surface area (Å²) in [6.07, 6.45) is 1.01. The van der Waals surface area contributed by atoms with Gasteiger partial charge in [0, 0.05) is 12.5 Å². The van der Waals surface area contributed by atoms with Crippen LogP contribution in [0, 0.1) is 0 Å². The van der Waals surface area contributed by atoms with Crippen molar-refractivity contribution in [2.45, 2.75) is 31.9 Å². The molecule has 0 aromatic heterocycles. The van der Waals surface area contributed by atoms with E-state index in [1.54, 1.807) is 0 Å². The van der Waals surface area contributed by atoms with Gasteiger partial charge in [0.1, 0.15) is 5.75 Å². The maximum atomic E-state index is 11.2. The molecule has 0 aliphatic carbocycles. The van der Waals surface area contributed by atoms with Crippen LogP contribution in [0.15, 0.2) is 24.3 Å². The van der Waals surface area contributed by atoms with E-state index in [2.05, 4.69) is 0 Å². The van der Waals surface area contributed by atoms with Crippen molar-refractivity contribution in [3.8, 4) is 5.75 Å². The van der Waals surface area contributed by atoms with Gasteiger partial charge in [0.25, 0.3) is 0 Å². The smallest absolute Gasteiger partial charge is 0.347 e. The van der Waals surface area contributed by atoms with E-state index in [-0.39, 0.29) is 12.0 Å². The number of ether oxygens (including phenoxy) is 2. The number of carbonyl (C=O) groups excluding carboxylic acids is 1. The van der Waals surface area contributed by atoms with Gasteiger partial charge < -0.3 is 15.2 Å². The van der Waals surface area contributed by atoms with E-state index >= 15 is 0 Å². The average Bonchev–Trinajstić information content (AvgIpc) is 2.67. The summed E-state index contributed by atoms with van der Waals surface area (Å²) in [7, 11) is 0. The first kappa shape index (κ1) is 11.9. The summed E-state index contributed by atoms with van der Waals surface area (Å²) in [5, 5.41) is 0. The zero-order valence-corrected chi connectivity index (χ0v) is 9.89. The molecular weight excluding hydrogens is 218 g/mol. The number of nitrogens with two attached hydrogens (primary N) is 1. The molecule has 1 heterocycles. The number of hydrogen-bond donors (Lipinski definition) is 1. The Morgan fingerprint density at radius 1 is 1.47 bits per heavy atom. The summed E-state index contributed by atoms with van der Waals surface area (Å²) >= 11 is 0. The molecule has 1 aliphatic heterocycles. The van der Waals surface area contributed by atoms with E-state index in [0.29, 0.717) is 18.8 Å². The third-order valence-corrected chi connectivity index (χ3v) is 2.65. The van der Waals surface area contributed by atoms with E-state index in [1.165, 1.54) is 5.56 Å². The van der Waals surface area contributed by atoms with Gasteiger partial charge in [-0.05, 0) is 31.0 Å². The minimum Gasteiger partial charge on any atom is -0.479 e. The molecule has 2 unspecified atom stereocenters. The van der Waals surface area contributed by atoms with Crippen molar-refractivity contribution in [2.75, 3.05) is 6.61 Å². The normalized spacial score (nSPS) is 21.1. The molecule has 0 spiro atoms. The van der Waals surface area contributed by atoms with Gasteiger partial charge in [-0.25, -0.2) is 4.79 Å². The predicted molar refractivity (Wildman–Crippen MR) is 63.8 cm³/mol. The Balaban J connectivity index is 1.95. The SMILES string of the molecule is CC(N)Cc1ccc(OC2CCOC2=O)cc1. The maximum absolute atomic E-state index is 11.2. The van der Waals surface area contributed by atoms with Gasteiger partial charge in [0.2, 0.25) is 0 Å². The number of hydrogen-bond acceptors (Lipinski definition) is 4. The van der Waals surface area contributed by atoms with E-state index in [9.17, 15) is 4.79 Å². The number of benzene rings is 1. The van der Waals surface area contributed by atoms with Crippen molar-refractivity contribution in [2.24, 2.45) is 5.73 Å². The Hall–Kier alpha value is -1.55. The highest BCUT2D eigenvalue weighted by Gasteiger charge is 2.28. The Morgan fingerprint density at radius 3 is 2.71 bits per heavy atom. The molecule has 1 aromatic rings. The fourth-order valence-corrected chi connectivity index (χ4v) is 1.82. The fraction of sp³-hybridized carbons (Fsp3) is 0.462. The summed E-state index contributed by atoms with van der Waals surface area (Å²) in [5.74, 6) is 0.423. The van der Waals surface area contributed by atoms with Crippen LogP contribution in [0.5, 0.6) is 5.75 Å². The predicted octanol–water partition coefficient (Wildman–Crippen LogP) is 1.27. The molecule has 0 saturated carbocycles. The Labute approximate surface area is 101 Å². The van der Waals surface area contributed by atoms with Crippen molar-refractivity contribution in [3.63, 3.8) is 0 Å². The van der Waals surface area contributed by atoms with Crippen LogP contribution < -0.4 is 10.5 Å². The van der Waals surface area contributed by atoms with Crippen molar-refractivity contribution >= 4 is 5.97 Å². The first-order valence-electron chi connectivity index (χ1n) is 5.83. The first-order chi connectivity index (χ1) is 8.15. The van der Waals surface area contributed by atoms with Crippen LogP contribution in [-0.2, 0) is 16.0 Å². The molecule has 0 amide bonds. The van der Waals surface area contributed by atoms with E-state index in [4.69, 9.17) is 15.2 Å². The lowest BCUT2D eigenvalue weighted by Gasteiger charge is -2.11. The average molecular weight is 235 g/mol. The van der Waals surface area contributed by atoms with Crippen LogP contribution in [0.25, 0.3) is 0 Å². The van der Waals surface area contributed by atoms with Crippen molar-refractivity contribution < 1.29 is 14.3 Å². The zero-order valence-electron chi connectivity index (χ0n) is 9.89. The van der Waals surface area contributed by atoms with Crippen molar-refractivity contribution in [1.29, 1.82) is 0 Å². The second-order valence-electron chi connectivity index (χ2n) is 4.39. The van der Waals surface area contributed by atoms with E-state index < -0.39 is 6.10 Å². The molecule has 1 saturated heterocycles. The lowest BCUT2D eigenvalue weighted by Crippen LogP contribution is -2.21. The van der Waals surface area contributed by atoms with Gasteiger partial charge in [-0.1, -0.05) is 12.1 Å². The fourth-order valence-electron chi connectivity index (χ4n) is 1.82. The third kappa shape index (κ3) is 3.20. The molecule has 0 radical (unpaired) electrons. The molecule has 4 heteroatoms. The summed E-state index contributed by atoms with van der Waals surface area (Å²) in [6, 6.07) is 7.82. The van der Waals surface area contributed by atoms with Crippen LogP contribution in [-0.4, -0.2) is 24.7 Å². The Kier molecular flexibility index (Phi) is 3.64. The first-order valence-corrected chi connectivity index (χ1v) is 5.83. The highest BCUT2D eigenvalue weighted by atomic mass is 16.6. The Bertz CT molecular complexity index is 386.